The fraction of sp³-hybridized carbons (Fsp3) is 0.467. The smallest absolute Gasteiger partial charge is 0.313 e. The maximum absolute atomic E-state index is 13.4. The number of benzene rings is 1. The molecular formula is C15H19FN2O3S. The molecule has 0 spiro atoms. The van der Waals surface area contributed by atoms with E-state index in [1.165, 1.54) is 6.07 Å². The molecule has 0 aliphatic carbocycles. The zero-order valence-electron chi connectivity index (χ0n) is 12.6. The number of carbonyl (C=O) groups is 2. The Labute approximate surface area is 133 Å². The molecule has 5 nitrogen and oxygen atoms in total. The van der Waals surface area contributed by atoms with Crippen LogP contribution in [0.3, 0.4) is 0 Å². The summed E-state index contributed by atoms with van der Waals surface area (Å²) in [5, 5.41) is 4.96. The second kappa shape index (κ2) is 7.11. The predicted molar refractivity (Wildman–Crippen MR) is 84.5 cm³/mol. The fourth-order valence-corrected chi connectivity index (χ4v) is 3.54. The average Bonchev–Trinajstić information content (AvgIpc) is 2.98. The molecule has 1 aromatic rings. The van der Waals surface area contributed by atoms with Crippen molar-refractivity contribution >= 4 is 29.3 Å². The van der Waals surface area contributed by atoms with E-state index in [2.05, 4.69) is 10.6 Å². The van der Waals surface area contributed by atoms with Gasteiger partial charge in [0.2, 0.25) is 0 Å². The maximum Gasteiger partial charge on any atom is 0.313 e. The summed E-state index contributed by atoms with van der Waals surface area (Å²) < 4.78 is 18.9. The van der Waals surface area contributed by atoms with Crippen molar-refractivity contribution < 1.29 is 18.7 Å². The number of nitrogens with one attached hydrogen (secondary N) is 2. The molecule has 22 heavy (non-hydrogen) atoms. The standard InChI is InChI=1S/C15H19FN2O3S/c1-10-3-4-11(7-12(10)16)18-14(20)13(19)17-8-15(21-2)5-6-22-9-15/h3-4,7H,5-6,8-9H2,1-2H3,(H,17,19)(H,18,20)/t15-/m0/s1. The van der Waals surface area contributed by atoms with Crippen LogP contribution in [0.2, 0.25) is 0 Å². The molecule has 1 fully saturated rings. The number of anilines is 1. The van der Waals surface area contributed by atoms with Gasteiger partial charge in [-0.05, 0) is 36.8 Å². The Morgan fingerprint density at radius 1 is 1.41 bits per heavy atom. The summed E-state index contributed by atoms with van der Waals surface area (Å²) in [6.07, 6.45) is 0.833. The lowest BCUT2D eigenvalue weighted by molar-refractivity contribution is -0.136. The van der Waals surface area contributed by atoms with Crippen LogP contribution in [0.25, 0.3) is 0 Å². The van der Waals surface area contributed by atoms with E-state index in [9.17, 15) is 14.0 Å². The molecule has 2 amide bonds. The zero-order valence-corrected chi connectivity index (χ0v) is 13.4. The minimum atomic E-state index is -0.819. The van der Waals surface area contributed by atoms with Crippen molar-refractivity contribution in [3.8, 4) is 0 Å². The summed E-state index contributed by atoms with van der Waals surface area (Å²) in [6.45, 7) is 1.91. The van der Waals surface area contributed by atoms with Crippen molar-refractivity contribution in [3.05, 3.63) is 29.6 Å². The SMILES string of the molecule is CO[C@]1(CNC(=O)C(=O)Nc2ccc(C)c(F)c2)CCSC1. The van der Waals surface area contributed by atoms with Crippen LogP contribution in [0, 0.1) is 12.7 Å². The molecule has 1 aromatic carbocycles. The first kappa shape index (κ1) is 16.8. The Bertz CT molecular complexity index is 574. The van der Waals surface area contributed by atoms with E-state index in [-0.39, 0.29) is 12.2 Å². The van der Waals surface area contributed by atoms with Crippen LogP contribution in [0.4, 0.5) is 10.1 Å². The van der Waals surface area contributed by atoms with E-state index in [0.717, 1.165) is 17.9 Å². The van der Waals surface area contributed by atoms with Crippen LogP contribution < -0.4 is 10.6 Å². The molecule has 1 atom stereocenters. The van der Waals surface area contributed by atoms with E-state index in [4.69, 9.17) is 4.74 Å². The molecule has 1 saturated heterocycles. The molecule has 1 heterocycles. The highest BCUT2D eigenvalue weighted by Gasteiger charge is 2.35. The third kappa shape index (κ3) is 3.98. The number of amides is 2. The molecule has 2 N–H and O–H groups in total. The molecule has 0 aromatic heterocycles. The Kier molecular flexibility index (Phi) is 5.42. The lowest BCUT2D eigenvalue weighted by atomic mass is 10.0. The quantitative estimate of drug-likeness (QED) is 0.827. The summed E-state index contributed by atoms with van der Waals surface area (Å²) in [7, 11) is 1.60. The minimum Gasteiger partial charge on any atom is -0.376 e. The maximum atomic E-state index is 13.4. The first-order valence-corrected chi connectivity index (χ1v) is 8.09. The van der Waals surface area contributed by atoms with Gasteiger partial charge in [-0.1, -0.05) is 6.07 Å². The number of hydrogen-bond donors (Lipinski definition) is 2. The van der Waals surface area contributed by atoms with Gasteiger partial charge in [-0.15, -0.1) is 0 Å². The number of ether oxygens (including phenoxy) is 1. The van der Waals surface area contributed by atoms with Gasteiger partial charge in [0.1, 0.15) is 5.82 Å². The van der Waals surface area contributed by atoms with Gasteiger partial charge in [0.25, 0.3) is 0 Å². The number of carbonyl (C=O) groups excluding carboxylic acids is 2. The average molecular weight is 326 g/mol. The highest BCUT2D eigenvalue weighted by atomic mass is 32.2. The lowest BCUT2D eigenvalue weighted by Gasteiger charge is -2.26. The van der Waals surface area contributed by atoms with Crippen LogP contribution in [-0.4, -0.2) is 42.6 Å². The minimum absolute atomic E-state index is 0.251. The first-order valence-electron chi connectivity index (χ1n) is 6.94. The van der Waals surface area contributed by atoms with E-state index in [1.54, 1.807) is 37.9 Å². The van der Waals surface area contributed by atoms with Crippen molar-refractivity contribution in [2.75, 3.05) is 30.5 Å². The van der Waals surface area contributed by atoms with Gasteiger partial charge < -0.3 is 15.4 Å². The van der Waals surface area contributed by atoms with Crippen LogP contribution in [-0.2, 0) is 14.3 Å². The zero-order chi connectivity index (χ0) is 16.2. The Morgan fingerprint density at radius 3 is 2.77 bits per heavy atom. The summed E-state index contributed by atoms with van der Waals surface area (Å²) in [6, 6.07) is 4.27. The van der Waals surface area contributed by atoms with E-state index >= 15 is 0 Å². The van der Waals surface area contributed by atoms with Crippen LogP contribution in [0.15, 0.2) is 18.2 Å². The van der Waals surface area contributed by atoms with Gasteiger partial charge in [-0.2, -0.15) is 11.8 Å². The normalized spacial score (nSPS) is 20.7. The van der Waals surface area contributed by atoms with E-state index < -0.39 is 23.2 Å². The van der Waals surface area contributed by atoms with E-state index in [1.807, 2.05) is 0 Å². The summed E-state index contributed by atoms with van der Waals surface area (Å²) in [4.78, 5) is 23.6. The molecule has 2 rings (SSSR count). The third-order valence-corrected chi connectivity index (χ3v) is 4.93. The molecule has 1 aliphatic heterocycles. The number of halogens is 1. The molecule has 7 heteroatoms. The predicted octanol–water partition coefficient (Wildman–Crippen LogP) is 1.71. The van der Waals surface area contributed by atoms with Gasteiger partial charge in [-0.25, -0.2) is 4.39 Å². The monoisotopic (exact) mass is 326 g/mol. The van der Waals surface area contributed by atoms with Crippen molar-refractivity contribution in [2.45, 2.75) is 18.9 Å². The van der Waals surface area contributed by atoms with Crippen molar-refractivity contribution in [2.24, 2.45) is 0 Å². The summed E-state index contributed by atoms with van der Waals surface area (Å²) in [5.74, 6) is -0.248. The summed E-state index contributed by atoms with van der Waals surface area (Å²) >= 11 is 1.75. The van der Waals surface area contributed by atoms with Crippen molar-refractivity contribution in [1.82, 2.24) is 5.32 Å². The molecular weight excluding hydrogens is 307 g/mol. The van der Waals surface area contributed by atoms with Gasteiger partial charge in [-0.3, -0.25) is 9.59 Å². The van der Waals surface area contributed by atoms with Crippen molar-refractivity contribution in [3.63, 3.8) is 0 Å². The topological polar surface area (TPSA) is 67.4 Å². The Balaban J connectivity index is 1.89. The Morgan fingerprint density at radius 2 is 2.18 bits per heavy atom. The van der Waals surface area contributed by atoms with Crippen LogP contribution >= 0.6 is 11.8 Å². The van der Waals surface area contributed by atoms with Crippen LogP contribution in [0.5, 0.6) is 0 Å². The van der Waals surface area contributed by atoms with Crippen LogP contribution in [0.1, 0.15) is 12.0 Å². The highest BCUT2D eigenvalue weighted by Crippen LogP contribution is 2.30. The molecule has 0 unspecified atom stereocenters. The van der Waals surface area contributed by atoms with Crippen molar-refractivity contribution in [1.29, 1.82) is 0 Å². The molecule has 120 valence electrons. The lowest BCUT2D eigenvalue weighted by Crippen LogP contribution is -2.47. The second-order valence-corrected chi connectivity index (χ2v) is 6.40. The molecule has 0 radical (unpaired) electrons. The van der Waals surface area contributed by atoms with Gasteiger partial charge in [0.15, 0.2) is 0 Å². The number of hydrogen-bond acceptors (Lipinski definition) is 4. The van der Waals surface area contributed by atoms with Gasteiger partial charge >= 0.3 is 11.8 Å². The summed E-state index contributed by atoms with van der Waals surface area (Å²) in [5.41, 5.74) is 0.320. The van der Waals surface area contributed by atoms with Gasteiger partial charge in [0.05, 0.1) is 5.60 Å². The largest absolute Gasteiger partial charge is 0.376 e. The third-order valence-electron chi connectivity index (χ3n) is 3.71. The molecule has 0 bridgehead atoms. The number of aryl methyl sites for hydroxylation is 1. The highest BCUT2D eigenvalue weighted by molar-refractivity contribution is 7.99. The number of thioether (sulfide) groups is 1. The number of methoxy groups -OCH3 is 1. The van der Waals surface area contributed by atoms with Gasteiger partial charge in [0, 0.05) is 25.1 Å². The second-order valence-electron chi connectivity index (χ2n) is 5.29. The molecule has 0 saturated carbocycles. The molecule has 1 aliphatic rings. The number of rotatable bonds is 4. The van der Waals surface area contributed by atoms with E-state index in [0.29, 0.717) is 5.56 Å². The Hall–Kier alpha value is -1.60. The first-order chi connectivity index (χ1) is 10.5. The fourth-order valence-electron chi connectivity index (χ4n) is 2.14.